The van der Waals surface area contributed by atoms with Crippen LogP contribution in [0.5, 0.6) is 0 Å². The second kappa shape index (κ2) is 7.43. The summed E-state index contributed by atoms with van der Waals surface area (Å²) in [5.74, 6) is 0.949. The maximum absolute atomic E-state index is 12.3. The third-order valence-electron chi connectivity index (χ3n) is 5.38. The van der Waals surface area contributed by atoms with Crippen LogP contribution in [-0.4, -0.2) is 30.7 Å². The predicted molar refractivity (Wildman–Crippen MR) is 110 cm³/mol. The van der Waals surface area contributed by atoms with Crippen LogP contribution >= 0.6 is 0 Å². The topological polar surface area (TPSA) is 85.1 Å². The second-order valence-corrected chi connectivity index (χ2v) is 7.30. The highest BCUT2D eigenvalue weighted by Gasteiger charge is 2.22. The number of nitrogens with one attached hydrogen (secondary N) is 1. The molecule has 1 amide bonds. The number of benzene rings is 1. The first-order valence-corrected chi connectivity index (χ1v) is 9.82. The van der Waals surface area contributed by atoms with Crippen molar-refractivity contribution in [1.82, 2.24) is 24.8 Å². The standard InChI is InChI=1S/C22H20N6O/c29-22(17-3-1-2-4-17)24-18-7-5-15(6-8-18)19-9-10-20-25-26-21(28(20)27-19)16-11-13-23-14-12-16/h5-14,17H,1-4H2,(H,24,29). The minimum atomic E-state index is 0.126. The van der Waals surface area contributed by atoms with Crippen molar-refractivity contribution in [2.24, 2.45) is 5.92 Å². The van der Waals surface area contributed by atoms with E-state index in [2.05, 4.69) is 20.5 Å². The molecule has 1 saturated carbocycles. The molecule has 0 atom stereocenters. The van der Waals surface area contributed by atoms with Crippen molar-refractivity contribution in [1.29, 1.82) is 0 Å². The SMILES string of the molecule is O=C(Nc1ccc(-c2ccc3nnc(-c4ccncc4)n3n2)cc1)C1CCCC1. The third-order valence-corrected chi connectivity index (χ3v) is 5.38. The summed E-state index contributed by atoms with van der Waals surface area (Å²) in [6, 6.07) is 15.4. The van der Waals surface area contributed by atoms with Crippen LogP contribution in [0.3, 0.4) is 0 Å². The van der Waals surface area contributed by atoms with Gasteiger partial charge in [-0.05, 0) is 49.2 Å². The lowest BCUT2D eigenvalue weighted by Crippen LogP contribution is -2.20. The average Bonchev–Trinajstić information content (AvgIpc) is 3.45. The van der Waals surface area contributed by atoms with Crippen molar-refractivity contribution >= 4 is 17.2 Å². The summed E-state index contributed by atoms with van der Waals surface area (Å²) in [4.78, 5) is 16.4. The Bertz CT molecular complexity index is 1150. The van der Waals surface area contributed by atoms with Crippen LogP contribution in [0.4, 0.5) is 5.69 Å². The Morgan fingerprint density at radius 1 is 0.897 bits per heavy atom. The maximum Gasteiger partial charge on any atom is 0.227 e. The van der Waals surface area contributed by atoms with Crippen LogP contribution in [0.15, 0.2) is 60.9 Å². The molecule has 5 rings (SSSR count). The summed E-state index contributed by atoms with van der Waals surface area (Å²) in [7, 11) is 0. The van der Waals surface area contributed by atoms with E-state index in [9.17, 15) is 4.79 Å². The van der Waals surface area contributed by atoms with Gasteiger partial charge in [0.05, 0.1) is 5.69 Å². The molecule has 0 aliphatic heterocycles. The number of hydrogen-bond donors (Lipinski definition) is 1. The van der Waals surface area contributed by atoms with Crippen molar-refractivity contribution in [2.45, 2.75) is 25.7 Å². The van der Waals surface area contributed by atoms with Crippen LogP contribution in [-0.2, 0) is 4.79 Å². The molecule has 144 valence electrons. The fourth-order valence-corrected chi connectivity index (χ4v) is 3.78. The molecule has 7 nitrogen and oxygen atoms in total. The highest BCUT2D eigenvalue weighted by atomic mass is 16.1. The Labute approximate surface area is 167 Å². The zero-order valence-corrected chi connectivity index (χ0v) is 15.8. The number of nitrogens with zero attached hydrogens (tertiary/aromatic N) is 5. The smallest absolute Gasteiger partial charge is 0.227 e. The van der Waals surface area contributed by atoms with E-state index in [1.807, 2.05) is 48.5 Å². The van der Waals surface area contributed by atoms with Crippen LogP contribution in [0, 0.1) is 5.92 Å². The zero-order valence-electron chi connectivity index (χ0n) is 15.8. The molecule has 1 aromatic carbocycles. The first-order chi connectivity index (χ1) is 14.3. The van der Waals surface area contributed by atoms with Gasteiger partial charge in [-0.25, -0.2) is 0 Å². The van der Waals surface area contributed by atoms with Crippen molar-refractivity contribution < 1.29 is 4.79 Å². The molecule has 0 radical (unpaired) electrons. The third kappa shape index (κ3) is 3.47. The summed E-state index contributed by atoms with van der Waals surface area (Å²) < 4.78 is 1.74. The Morgan fingerprint density at radius 2 is 1.66 bits per heavy atom. The van der Waals surface area contributed by atoms with Gasteiger partial charge in [0, 0.05) is 35.1 Å². The van der Waals surface area contributed by atoms with Crippen LogP contribution in [0.1, 0.15) is 25.7 Å². The number of rotatable bonds is 4. The first kappa shape index (κ1) is 17.5. The molecule has 1 aliphatic carbocycles. The Kier molecular flexibility index (Phi) is 4.48. The molecule has 3 aromatic heterocycles. The summed E-state index contributed by atoms with van der Waals surface area (Å²) in [5.41, 5.74) is 4.16. The molecule has 1 aliphatic rings. The minimum Gasteiger partial charge on any atom is -0.326 e. The summed E-state index contributed by atoms with van der Waals surface area (Å²) in [6.07, 6.45) is 7.72. The van der Waals surface area contributed by atoms with Gasteiger partial charge in [-0.1, -0.05) is 25.0 Å². The normalized spacial score (nSPS) is 14.3. The lowest BCUT2D eigenvalue weighted by atomic mass is 10.1. The zero-order chi connectivity index (χ0) is 19.6. The van der Waals surface area contributed by atoms with E-state index < -0.39 is 0 Å². The largest absolute Gasteiger partial charge is 0.326 e. The van der Waals surface area contributed by atoms with Gasteiger partial charge in [0.2, 0.25) is 5.91 Å². The van der Waals surface area contributed by atoms with E-state index in [1.165, 1.54) is 0 Å². The summed E-state index contributed by atoms with van der Waals surface area (Å²) >= 11 is 0. The van der Waals surface area contributed by atoms with E-state index in [0.29, 0.717) is 11.5 Å². The van der Waals surface area contributed by atoms with E-state index in [0.717, 1.165) is 48.2 Å². The summed E-state index contributed by atoms with van der Waals surface area (Å²) in [5, 5.41) is 16.2. The maximum atomic E-state index is 12.3. The Balaban J connectivity index is 1.41. The average molecular weight is 384 g/mol. The number of anilines is 1. The summed E-state index contributed by atoms with van der Waals surface area (Å²) in [6.45, 7) is 0. The molecule has 0 unspecified atom stereocenters. The molecule has 4 aromatic rings. The van der Waals surface area contributed by atoms with E-state index in [4.69, 9.17) is 5.10 Å². The molecule has 0 bridgehead atoms. The van der Waals surface area contributed by atoms with E-state index in [-0.39, 0.29) is 11.8 Å². The van der Waals surface area contributed by atoms with Crippen molar-refractivity contribution in [3.63, 3.8) is 0 Å². The molecule has 3 heterocycles. The first-order valence-electron chi connectivity index (χ1n) is 9.82. The van der Waals surface area contributed by atoms with Gasteiger partial charge in [0.25, 0.3) is 0 Å². The fraction of sp³-hybridized carbons (Fsp3) is 0.227. The van der Waals surface area contributed by atoms with E-state index in [1.54, 1.807) is 16.9 Å². The second-order valence-electron chi connectivity index (χ2n) is 7.30. The molecule has 0 saturated heterocycles. The van der Waals surface area contributed by atoms with Gasteiger partial charge in [0.1, 0.15) is 0 Å². The predicted octanol–water partition coefficient (Wildman–Crippen LogP) is 3.98. The van der Waals surface area contributed by atoms with Crippen molar-refractivity contribution in [3.05, 3.63) is 60.9 Å². The monoisotopic (exact) mass is 384 g/mol. The van der Waals surface area contributed by atoms with Gasteiger partial charge in [-0.15, -0.1) is 10.2 Å². The number of carbonyl (C=O) groups is 1. The number of fused-ring (bicyclic) bond motifs is 1. The van der Waals surface area contributed by atoms with Gasteiger partial charge >= 0.3 is 0 Å². The Morgan fingerprint density at radius 3 is 2.41 bits per heavy atom. The molecular formula is C22H20N6O. The minimum absolute atomic E-state index is 0.126. The van der Waals surface area contributed by atoms with Crippen LogP contribution < -0.4 is 5.32 Å². The number of hydrogen-bond acceptors (Lipinski definition) is 5. The molecule has 1 fully saturated rings. The lowest BCUT2D eigenvalue weighted by Gasteiger charge is -2.11. The number of aromatic nitrogens is 5. The number of amides is 1. The number of carbonyl (C=O) groups excluding carboxylic acids is 1. The Hall–Kier alpha value is -3.61. The van der Waals surface area contributed by atoms with Crippen molar-refractivity contribution in [3.8, 4) is 22.6 Å². The van der Waals surface area contributed by atoms with Crippen LogP contribution in [0.2, 0.25) is 0 Å². The fourth-order valence-electron chi connectivity index (χ4n) is 3.78. The quantitative estimate of drug-likeness (QED) is 0.575. The molecular weight excluding hydrogens is 364 g/mol. The molecule has 29 heavy (non-hydrogen) atoms. The highest BCUT2D eigenvalue weighted by molar-refractivity contribution is 5.92. The van der Waals surface area contributed by atoms with E-state index >= 15 is 0 Å². The van der Waals surface area contributed by atoms with Crippen LogP contribution in [0.25, 0.3) is 28.3 Å². The van der Waals surface area contributed by atoms with Gasteiger partial charge < -0.3 is 5.32 Å². The number of pyridine rings is 1. The molecule has 1 N–H and O–H groups in total. The molecule has 7 heteroatoms. The highest BCUT2D eigenvalue weighted by Crippen LogP contribution is 2.27. The molecule has 0 spiro atoms. The van der Waals surface area contributed by atoms with Crippen molar-refractivity contribution in [2.75, 3.05) is 5.32 Å². The van der Waals surface area contributed by atoms with Gasteiger partial charge in [-0.2, -0.15) is 9.61 Å². The lowest BCUT2D eigenvalue weighted by molar-refractivity contribution is -0.119. The van der Waals surface area contributed by atoms with Gasteiger partial charge in [0.15, 0.2) is 11.5 Å². The van der Waals surface area contributed by atoms with Gasteiger partial charge in [-0.3, -0.25) is 9.78 Å².